The normalized spacial score (nSPS) is 17.9. The van der Waals surface area contributed by atoms with Gasteiger partial charge in [0.05, 0.1) is 5.92 Å². The third kappa shape index (κ3) is 6.28. The number of carboxylic acid groups (broad SMARTS) is 1. The van der Waals surface area contributed by atoms with Crippen molar-refractivity contribution in [3.63, 3.8) is 0 Å². The molecule has 6 heteroatoms. The summed E-state index contributed by atoms with van der Waals surface area (Å²) in [4.78, 5) is 13.3. The predicted octanol–water partition coefficient (Wildman–Crippen LogP) is 6.41. The number of aliphatic carboxylic acids is 1. The Morgan fingerprint density at radius 3 is 2.59 bits per heavy atom. The van der Waals surface area contributed by atoms with Crippen LogP contribution in [-0.2, 0) is 17.9 Å². The van der Waals surface area contributed by atoms with Gasteiger partial charge in [0, 0.05) is 27.4 Å². The van der Waals surface area contributed by atoms with Gasteiger partial charge in [-0.05, 0) is 60.7 Å². The molecule has 0 radical (unpaired) electrons. The Morgan fingerprint density at radius 1 is 1.03 bits per heavy atom. The van der Waals surface area contributed by atoms with Gasteiger partial charge >= 0.3 is 5.97 Å². The van der Waals surface area contributed by atoms with Crippen LogP contribution in [0.4, 0.5) is 0 Å². The third-order valence-electron chi connectivity index (χ3n) is 5.68. The summed E-state index contributed by atoms with van der Waals surface area (Å²) in [5.41, 5.74) is 2.16. The largest absolute Gasteiger partial charge is 0.489 e. The van der Waals surface area contributed by atoms with Crippen molar-refractivity contribution in [3.8, 4) is 5.75 Å². The van der Waals surface area contributed by atoms with Crippen LogP contribution < -0.4 is 10.1 Å². The molecule has 3 aromatic carbocycles. The maximum absolute atomic E-state index is 11.1. The Morgan fingerprint density at radius 2 is 1.84 bits per heavy atom. The van der Waals surface area contributed by atoms with Gasteiger partial charge in [0.2, 0.25) is 0 Å². The summed E-state index contributed by atoms with van der Waals surface area (Å²) in [6.45, 7) is 1.18. The van der Waals surface area contributed by atoms with Crippen LogP contribution in [0.25, 0.3) is 0 Å². The Balaban J connectivity index is 1.32. The van der Waals surface area contributed by atoms with Crippen molar-refractivity contribution in [1.29, 1.82) is 0 Å². The van der Waals surface area contributed by atoms with E-state index in [1.807, 2.05) is 60.7 Å². The molecule has 1 saturated carbocycles. The minimum atomic E-state index is -0.691. The molecule has 1 aliphatic carbocycles. The molecule has 2 atom stereocenters. The SMILES string of the molecule is O=C(O)C1CCC(NCc2ccc(Sc3cccc(OCc4ccccc4)c3)cc2Cl)C1. The summed E-state index contributed by atoms with van der Waals surface area (Å²) in [5.74, 6) is -0.0839. The van der Waals surface area contributed by atoms with E-state index in [0.29, 0.717) is 24.6 Å². The lowest BCUT2D eigenvalue weighted by Crippen LogP contribution is -2.26. The molecule has 2 N–H and O–H groups in total. The first-order chi connectivity index (χ1) is 15.6. The second-order valence-corrected chi connectivity index (χ2v) is 9.58. The summed E-state index contributed by atoms with van der Waals surface area (Å²) >= 11 is 8.18. The van der Waals surface area contributed by atoms with Crippen LogP contribution in [0.1, 0.15) is 30.4 Å². The van der Waals surface area contributed by atoms with E-state index < -0.39 is 5.97 Å². The van der Waals surface area contributed by atoms with Crippen LogP contribution in [-0.4, -0.2) is 17.1 Å². The topological polar surface area (TPSA) is 58.6 Å². The van der Waals surface area contributed by atoms with Gasteiger partial charge in [0.25, 0.3) is 0 Å². The molecule has 32 heavy (non-hydrogen) atoms. The molecular formula is C26H26ClNO3S. The Labute approximate surface area is 198 Å². The van der Waals surface area contributed by atoms with E-state index in [4.69, 9.17) is 21.4 Å². The molecule has 4 rings (SSSR count). The van der Waals surface area contributed by atoms with E-state index in [-0.39, 0.29) is 12.0 Å². The van der Waals surface area contributed by atoms with E-state index in [9.17, 15) is 4.79 Å². The molecule has 0 spiro atoms. The smallest absolute Gasteiger partial charge is 0.306 e. The zero-order chi connectivity index (χ0) is 22.3. The van der Waals surface area contributed by atoms with Gasteiger partial charge in [-0.2, -0.15) is 0 Å². The number of rotatable bonds is 9. The van der Waals surface area contributed by atoms with Crippen molar-refractivity contribution in [1.82, 2.24) is 5.32 Å². The van der Waals surface area contributed by atoms with Crippen LogP contribution in [0.2, 0.25) is 5.02 Å². The van der Waals surface area contributed by atoms with Gasteiger partial charge in [-0.15, -0.1) is 0 Å². The van der Waals surface area contributed by atoms with Gasteiger partial charge < -0.3 is 15.2 Å². The van der Waals surface area contributed by atoms with E-state index >= 15 is 0 Å². The summed E-state index contributed by atoms with van der Waals surface area (Å²) < 4.78 is 5.93. The second kappa shape index (κ2) is 10.9. The molecule has 4 nitrogen and oxygen atoms in total. The quantitative estimate of drug-likeness (QED) is 0.380. The van der Waals surface area contributed by atoms with Crippen molar-refractivity contribution in [3.05, 3.63) is 88.9 Å². The number of carboxylic acids is 1. The van der Waals surface area contributed by atoms with Gasteiger partial charge in [-0.25, -0.2) is 0 Å². The van der Waals surface area contributed by atoms with Crippen molar-refractivity contribution >= 4 is 29.3 Å². The van der Waals surface area contributed by atoms with Crippen molar-refractivity contribution in [2.24, 2.45) is 5.92 Å². The van der Waals surface area contributed by atoms with E-state index in [1.54, 1.807) is 11.8 Å². The fraction of sp³-hybridized carbons (Fsp3) is 0.269. The zero-order valence-corrected chi connectivity index (χ0v) is 19.2. The number of benzene rings is 3. The molecule has 0 aliphatic heterocycles. The Hall–Kier alpha value is -2.47. The van der Waals surface area contributed by atoms with Crippen molar-refractivity contribution in [2.45, 2.75) is 48.2 Å². The van der Waals surface area contributed by atoms with E-state index in [2.05, 4.69) is 17.4 Å². The highest BCUT2D eigenvalue weighted by Crippen LogP contribution is 2.33. The monoisotopic (exact) mass is 467 g/mol. The molecule has 0 bridgehead atoms. The second-order valence-electron chi connectivity index (χ2n) is 8.03. The average Bonchev–Trinajstić information content (AvgIpc) is 3.28. The summed E-state index contributed by atoms with van der Waals surface area (Å²) in [6, 6.07) is 24.5. The van der Waals surface area contributed by atoms with Crippen LogP contribution >= 0.6 is 23.4 Å². The molecule has 1 fully saturated rings. The fourth-order valence-corrected chi connectivity index (χ4v) is 5.10. The molecule has 0 heterocycles. The molecule has 0 saturated heterocycles. The maximum atomic E-state index is 11.1. The first-order valence-electron chi connectivity index (χ1n) is 10.8. The standard InChI is InChI=1S/C26H26ClNO3S/c27-25-15-24(12-10-20(25)16-28-21-11-9-19(13-21)26(29)30)32-23-8-4-7-22(14-23)31-17-18-5-2-1-3-6-18/h1-8,10,12,14-15,19,21,28H,9,11,13,16-17H2,(H,29,30). The van der Waals surface area contributed by atoms with Crippen LogP contribution in [0.5, 0.6) is 5.75 Å². The first-order valence-corrected chi connectivity index (χ1v) is 12.0. The van der Waals surface area contributed by atoms with Gasteiger partial charge in [0.15, 0.2) is 0 Å². The van der Waals surface area contributed by atoms with E-state index in [1.165, 1.54) is 0 Å². The van der Waals surface area contributed by atoms with Gasteiger partial charge in [-0.1, -0.05) is 65.8 Å². The lowest BCUT2D eigenvalue weighted by molar-refractivity contribution is -0.141. The predicted molar refractivity (Wildman–Crippen MR) is 128 cm³/mol. The molecule has 2 unspecified atom stereocenters. The highest BCUT2D eigenvalue weighted by Gasteiger charge is 2.29. The summed E-state index contributed by atoms with van der Waals surface area (Å²) in [6.07, 6.45) is 2.32. The Bertz CT molecular complexity index is 1060. The lowest BCUT2D eigenvalue weighted by atomic mass is 10.1. The van der Waals surface area contributed by atoms with Crippen molar-refractivity contribution in [2.75, 3.05) is 0 Å². The summed E-state index contributed by atoms with van der Waals surface area (Å²) in [5, 5.41) is 13.3. The number of nitrogens with one attached hydrogen (secondary N) is 1. The van der Waals surface area contributed by atoms with Gasteiger partial charge in [0.1, 0.15) is 12.4 Å². The van der Waals surface area contributed by atoms with E-state index in [0.717, 1.165) is 39.5 Å². The zero-order valence-electron chi connectivity index (χ0n) is 17.7. The van der Waals surface area contributed by atoms with Gasteiger partial charge in [-0.3, -0.25) is 4.79 Å². The average molecular weight is 468 g/mol. The Kier molecular flexibility index (Phi) is 7.74. The number of hydrogen-bond acceptors (Lipinski definition) is 4. The molecule has 0 aromatic heterocycles. The first kappa shape index (κ1) is 22.7. The molecule has 0 amide bonds. The number of carbonyl (C=O) groups is 1. The number of hydrogen-bond donors (Lipinski definition) is 2. The number of halogens is 1. The van der Waals surface area contributed by atoms with Crippen molar-refractivity contribution < 1.29 is 14.6 Å². The summed E-state index contributed by atoms with van der Waals surface area (Å²) in [7, 11) is 0. The maximum Gasteiger partial charge on any atom is 0.306 e. The molecule has 1 aliphatic rings. The highest BCUT2D eigenvalue weighted by atomic mass is 35.5. The molecule has 3 aromatic rings. The minimum absolute atomic E-state index is 0.228. The van der Waals surface area contributed by atoms with Crippen LogP contribution in [0, 0.1) is 5.92 Å². The molecular weight excluding hydrogens is 442 g/mol. The number of ether oxygens (including phenoxy) is 1. The third-order valence-corrected chi connectivity index (χ3v) is 7.01. The van der Waals surface area contributed by atoms with Crippen LogP contribution in [0.15, 0.2) is 82.6 Å². The van der Waals surface area contributed by atoms with Crippen LogP contribution in [0.3, 0.4) is 0 Å². The minimum Gasteiger partial charge on any atom is -0.489 e. The fourth-order valence-electron chi connectivity index (χ4n) is 3.88. The molecule has 166 valence electrons. The lowest BCUT2D eigenvalue weighted by Gasteiger charge is -2.14. The highest BCUT2D eigenvalue weighted by molar-refractivity contribution is 7.99.